The molecule has 0 radical (unpaired) electrons. The van der Waals surface area contributed by atoms with Gasteiger partial charge in [0, 0.05) is 22.1 Å². The predicted molar refractivity (Wildman–Crippen MR) is 103 cm³/mol. The summed E-state index contributed by atoms with van der Waals surface area (Å²) in [5, 5.41) is 3.24. The van der Waals surface area contributed by atoms with Crippen LogP contribution in [-0.2, 0) is 5.75 Å². The molecule has 3 aromatic carbocycles. The van der Waals surface area contributed by atoms with Crippen molar-refractivity contribution in [3.8, 4) is 5.75 Å². The van der Waals surface area contributed by atoms with Crippen LogP contribution in [0, 0.1) is 0 Å². The monoisotopic (exact) mass is 348 g/mol. The molecule has 0 aliphatic rings. The maximum absolute atomic E-state index is 12.0. The van der Waals surface area contributed by atoms with Crippen molar-refractivity contribution in [1.29, 1.82) is 0 Å². The molecule has 0 saturated carbocycles. The SMILES string of the molecule is COc1cccc(SCc2cc(=O)oc3ccc4ccccc4c23)c1. The van der Waals surface area contributed by atoms with E-state index < -0.39 is 0 Å². The van der Waals surface area contributed by atoms with Gasteiger partial charge >= 0.3 is 5.63 Å². The van der Waals surface area contributed by atoms with Gasteiger partial charge in [-0.2, -0.15) is 0 Å². The highest BCUT2D eigenvalue weighted by Crippen LogP contribution is 2.32. The Labute approximate surface area is 149 Å². The minimum atomic E-state index is -0.316. The van der Waals surface area contributed by atoms with Gasteiger partial charge in [-0.05, 0) is 40.6 Å². The largest absolute Gasteiger partial charge is 0.497 e. The fourth-order valence-corrected chi connectivity index (χ4v) is 3.91. The van der Waals surface area contributed by atoms with Gasteiger partial charge in [-0.1, -0.05) is 36.4 Å². The molecule has 25 heavy (non-hydrogen) atoms. The molecule has 0 spiro atoms. The number of benzene rings is 3. The van der Waals surface area contributed by atoms with Crippen molar-refractivity contribution in [2.24, 2.45) is 0 Å². The van der Waals surface area contributed by atoms with Crippen molar-refractivity contribution in [1.82, 2.24) is 0 Å². The molecule has 0 unspecified atom stereocenters. The molecule has 0 amide bonds. The maximum Gasteiger partial charge on any atom is 0.336 e. The highest BCUT2D eigenvalue weighted by molar-refractivity contribution is 7.98. The van der Waals surface area contributed by atoms with Crippen LogP contribution in [0.2, 0.25) is 0 Å². The van der Waals surface area contributed by atoms with Crippen molar-refractivity contribution >= 4 is 33.5 Å². The number of hydrogen-bond acceptors (Lipinski definition) is 4. The predicted octanol–water partition coefficient (Wildman–Crippen LogP) is 5.25. The zero-order valence-electron chi connectivity index (χ0n) is 13.7. The van der Waals surface area contributed by atoms with E-state index in [1.807, 2.05) is 48.5 Å². The second kappa shape index (κ2) is 6.65. The molecule has 0 atom stereocenters. The Bertz CT molecular complexity index is 1110. The first-order valence-corrected chi connectivity index (χ1v) is 8.94. The summed E-state index contributed by atoms with van der Waals surface area (Å²) in [5.41, 5.74) is 1.30. The quantitative estimate of drug-likeness (QED) is 0.287. The first kappa shape index (κ1) is 15.8. The summed E-state index contributed by atoms with van der Waals surface area (Å²) < 4.78 is 10.7. The van der Waals surface area contributed by atoms with Crippen LogP contribution in [-0.4, -0.2) is 7.11 Å². The maximum atomic E-state index is 12.0. The van der Waals surface area contributed by atoms with E-state index in [1.165, 1.54) is 0 Å². The molecule has 0 N–H and O–H groups in total. The van der Waals surface area contributed by atoms with Gasteiger partial charge in [0.25, 0.3) is 0 Å². The Hall–Kier alpha value is -2.72. The van der Waals surface area contributed by atoms with Gasteiger partial charge in [0.2, 0.25) is 0 Å². The minimum Gasteiger partial charge on any atom is -0.497 e. The third kappa shape index (κ3) is 3.13. The number of fused-ring (bicyclic) bond motifs is 3. The van der Waals surface area contributed by atoms with Crippen LogP contribution in [0.15, 0.2) is 80.8 Å². The van der Waals surface area contributed by atoms with E-state index in [-0.39, 0.29) is 5.63 Å². The molecule has 1 aromatic heterocycles. The highest BCUT2D eigenvalue weighted by Gasteiger charge is 2.10. The number of thioether (sulfide) groups is 1. The summed E-state index contributed by atoms with van der Waals surface area (Å²) >= 11 is 1.67. The van der Waals surface area contributed by atoms with E-state index in [0.29, 0.717) is 11.3 Å². The number of rotatable bonds is 4. The molecule has 1 heterocycles. The minimum absolute atomic E-state index is 0.316. The molecule has 124 valence electrons. The Kier molecular flexibility index (Phi) is 4.20. The third-order valence-corrected chi connectivity index (χ3v) is 5.19. The third-order valence-electron chi connectivity index (χ3n) is 4.15. The van der Waals surface area contributed by atoms with Gasteiger partial charge < -0.3 is 9.15 Å². The van der Waals surface area contributed by atoms with Crippen molar-refractivity contribution < 1.29 is 9.15 Å². The number of hydrogen-bond donors (Lipinski definition) is 0. The van der Waals surface area contributed by atoms with Crippen molar-refractivity contribution in [2.75, 3.05) is 7.11 Å². The molecular formula is C21H16O3S. The zero-order chi connectivity index (χ0) is 17.2. The van der Waals surface area contributed by atoms with E-state index in [0.717, 1.165) is 32.4 Å². The molecular weight excluding hydrogens is 332 g/mol. The first-order chi connectivity index (χ1) is 12.2. The van der Waals surface area contributed by atoms with Crippen molar-refractivity contribution in [3.05, 3.63) is 82.7 Å². The standard InChI is InChI=1S/C21H16O3S/c1-23-16-6-4-7-17(12-16)25-13-15-11-20(22)24-19-10-9-14-5-2-3-8-18(14)21(15)19/h2-12H,13H2,1H3. The average Bonchev–Trinajstić information content (AvgIpc) is 2.65. The molecule has 4 aromatic rings. The molecule has 3 nitrogen and oxygen atoms in total. The average molecular weight is 348 g/mol. The van der Waals surface area contributed by atoms with Crippen molar-refractivity contribution in [2.45, 2.75) is 10.6 Å². The van der Waals surface area contributed by atoms with Gasteiger partial charge in [-0.25, -0.2) is 4.79 Å². The van der Waals surface area contributed by atoms with Crippen LogP contribution in [0.1, 0.15) is 5.56 Å². The Morgan fingerprint density at radius 2 is 1.88 bits per heavy atom. The van der Waals surface area contributed by atoms with E-state index >= 15 is 0 Å². The second-order valence-corrected chi connectivity index (χ2v) is 6.77. The number of methoxy groups -OCH3 is 1. The van der Waals surface area contributed by atoms with Crippen LogP contribution in [0.4, 0.5) is 0 Å². The molecule has 0 aliphatic heterocycles. The fourth-order valence-electron chi connectivity index (χ4n) is 2.99. The van der Waals surface area contributed by atoms with E-state index in [2.05, 4.69) is 12.1 Å². The molecule has 0 fully saturated rings. The molecule has 4 rings (SSSR count). The number of ether oxygens (including phenoxy) is 1. The van der Waals surface area contributed by atoms with Crippen LogP contribution in [0.25, 0.3) is 21.7 Å². The lowest BCUT2D eigenvalue weighted by Crippen LogP contribution is -2.00. The zero-order valence-corrected chi connectivity index (χ0v) is 14.5. The van der Waals surface area contributed by atoms with Gasteiger partial charge in [0.05, 0.1) is 7.11 Å². The smallest absolute Gasteiger partial charge is 0.336 e. The summed E-state index contributed by atoms with van der Waals surface area (Å²) in [5.74, 6) is 1.51. The second-order valence-electron chi connectivity index (χ2n) is 5.72. The van der Waals surface area contributed by atoms with E-state index in [4.69, 9.17) is 9.15 Å². The van der Waals surface area contributed by atoms with E-state index in [1.54, 1.807) is 24.9 Å². The lowest BCUT2D eigenvalue weighted by atomic mass is 10.0. The lowest BCUT2D eigenvalue weighted by molar-refractivity contribution is 0.413. The Morgan fingerprint density at radius 3 is 2.76 bits per heavy atom. The van der Waals surface area contributed by atoms with Gasteiger partial charge in [0.15, 0.2) is 0 Å². The normalized spacial score (nSPS) is 11.1. The fraction of sp³-hybridized carbons (Fsp3) is 0.0952. The molecule has 0 bridgehead atoms. The van der Waals surface area contributed by atoms with Gasteiger partial charge in [-0.15, -0.1) is 11.8 Å². The Balaban J connectivity index is 1.80. The summed E-state index contributed by atoms with van der Waals surface area (Å²) in [6.07, 6.45) is 0. The summed E-state index contributed by atoms with van der Waals surface area (Å²) in [6.45, 7) is 0. The first-order valence-electron chi connectivity index (χ1n) is 7.96. The van der Waals surface area contributed by atoms with Crippen LogP contribution < -0.4 is 10.4 Å². The van der Waals surface area contributed by atoms with Gasteiger partial charge in [-0.3, -0.25) is 0 Å². The molecule has 4 heteroatoms. The highest BCUT2D eigenvalue weighted by atomic mass is 32.2. The van der Waals surface area contributed by atoms with Crippen LogP contribution >= 0.6 is 11.8 Å². The molecule has 0 saturated heterocycles. The lowest BCUT2D eigenvalue weighted by Gasteiger charge is -2.09. The topological polar surface area (TPSA) is 39.4 Å². The van der Waals surface area contributed by atoms with Crippen LogP contribution in [0.5, 0.6) is 5.75 Å². The van der Waals surface area contributed by atoms with E-state index in [9.17, 15) is 4.79 Å². The van der Waals surface area contributed by atoms with Crippen LogP contribution in [0.3, 0.4) is 0 Å². The molecule has 0 aliphatic carbocycles. The van der Waals surface area contributed by atoms with Crippen molar-refractivity contribution in [3.63, 3.8) is 0 Å². The Morgan fingerprint density at radius 1 is 1.00 bits per heavy atom. The summed E-state index contributed by atoms with van der Waals surface area (Å²) in [4.78, 5) is 13.1. The summed E-state index contributed by atoms with van der Waals surface area (Å²) in [7, 11) is 1.66. The van der Waals surface area contributed by atoms with Gasteiger partial charge in [0.1, 0.15) is 11.3 Å². The summed E-state index contributed by atoms with van der Waals surface area (Å²) in [6, 6.07) is 21.5.